The Morgan fingerprint density at radius 3 is 2.21 bits per heavy atom. The molecule has 0 spiro atoms. The summed E-state index contributed by atoms with van der Waals surface area (Å²) in [7, 11) is 1.79. The summed E-state index contributed by atoms with van der Waals surface area (Å²) in [6, 6.07) is 13.4. The molecule has 0 unspecified atom stereocenters. The second-order valence-corrected chi connectivity index (χ2v) is 6.14. The van der Waals surface area contributed by atoms with Gasteiger partial charge >= 0.3 is 0 Å². The van der Waals surface area contributed by atoms with Crippen molar-refractivity contribution in [3.8, 4) is 0 Å². The van der Waals surface area contributed by atoms with Gasteiger partial charge in [-0.05, 0) is 36.8 Å². The number of anilines is 1. The van der Waals surface area contributed by atoms with Crippen LogP contribution in [0.2, 0.25) is 0 Å². The molecule has 2 aromatic carbocycles. The van der Waals surface area contributed by atoms with Gasteiger partial charge in [0.2, 0.25) is 0 Å². The minimum absolute atomic E-state index is 0.0312. The van der Waals surface area contributed by atoms with Crippen LogP contribution in [0.1, 0.15) is 15.9 Å². The van der Waals surface area contributed by atoms with E-state index in [1.807, 2.05) is 49.4 Å². The van der Waals surface area contributed by atoms with Gasteiger partial charge in [-0.3, -0.25) is 4.79 Å². The van der Waals surface area contributed by atoms with Crippen molar-refractivity contribution < 1.29 is 4.79 Å². The molecular formula is C15H13Br2NO. The van der Waals surface area contributed by atoms with Crippen molar-refractivity contribution in [2.45, 2.75) is 6.92 Å². The molecule has 0 saturated heterocycles. The zero-order chi connectivity index (χ0) is 14.0. The number of para-hydroxylation sites is 1. The van der Waals surface area contributed by atoms with Gasteiger partial charge in [0, 0.05) is 27.2 Å². The van der Waals surface area contributed by atoms with Gasteiger partial charge in [0.05, 0.1) is 0 Å². The molecule has 2 rings (SSSR count). The molecule has 0 N–H and O–H groups in total. The number of carbonyl (C=O) groups is 1. The lowest BCUT2D eigenvalue weighted by molar-refractivity contribution is 0.0992. The Labute approximate surface area is 129 Å². The van der Waals surface area contributed by atoms with Crippen molar-refractivity contribution in [2.24, 2.45) is 0 Å². The predicted octanol–water partition coefficient (Wildman–Crippen LogP) is 4.80. The van der Waals surface area contributed by atoms with Crippen molar-refractivity contribution in [3.05, 3.63) is 62.5 Å². The number of aryl methyl sites for hydroxylation is 1. The number of hydrogen-bond acceptors (Lipinski definition) is 1. The number of rotatable bonds is 2. The van der Waals surface area contributed by atoms with Crippen LogP contribution in [-0.4, -0.2) is 13.0 Å². The van der Waals surface area contributed by atoms with Crippen LogP contribution < -0.4 is 4.90 Å². The molecule has 0 radical (unpaired) electrons. The number of hydrogen-bond donors (Lipinski definition) is 0. The van der Waals surface area contributed by atoms with Crippen LogP contribution >= 0.6 is 31.9 Å². The minimum atomic E-state index is -0.0312. The first-order valence-corrected chi connectivity index (χ1v) is 7.37. The van der Waals surface area contributed by atoms with Crippen LogP contribution in [0.4, 0.5) is 5.69 Å². The number of carbonyl (C=O) groups excluding carboxylic acids is 1. The molecule has 2 nitrogen and oxygen atoms in total. The Hall–Kier alpha value is -1.13. The molecule has 0 aliphatic carbocycles. The molecule has 0 saturated carbocycles. The standard InChI is InChI=1S/C15H13Br2NO/c1-10-5-3-4-6-14(10)18(2)15(19)11-7-12(16)9-13(17)8-11/h3-9H,1-2H3. The Morgan fingerprint density at radius 2 is 1.63 bits per heavy atom. The lowest BCUT2D eigenvalue weighted by Crippen LogP contribution is -2.26. The average molecular weight is 383 g/mol. The second kappa shape index (κ2) is 5.88. The molecule has 1 amide bonds. The maximum Gasteiger partial charge on any atom is 0.258 e. The van der Waals surface area contributed by atoms with Crippen LogP contribution in [0, 0.1) is 6.92 Å². The first-order chi connectivity index (χ1) is 8.99. The molecule has 19 heavy (non-hydrogen) atoms. The van der Waals surface area contributed by atoms with Gasteiger partial charge in [-0.2, -0.15) is 0 Å². The van der Waals surface area contributed by atoms with Gasteiger partial charge in [-0.25, -0.2) is 0 Å². The molecule has 0 bridgehead atoms. The molecule has 0 aromatic heterocycles. The van der Waals surface area contributed by atoms with E-state index in [9.17, 15) is 4.79 Å². The monoisotopic (exact) mass is 381 g/mol. The average Bonchev–Trinajstić information content (AvgIpc) is 2.36. The fourth-order valence-corrected chi connectivity index (χ4v) is 3.21. The highest BCUT2D eigenvalue weighted by atomic mass is 79.9. The van der Waals surface area contributed by atoms with E-state index in [0.29, 0.717) is 5.56 Å². The Bertz CT molecular complexity index is 605. The lowest BCUT2D eigenvalue weighted by Gasteiger charge is -2.19. The van der Waals surface area contributed by atoms with Crippen LogP contribution in [0.5, 0.6) is 0 Å². The molecule has 0 atom stereocenters. The van der Waals surface area contributed by atoms with Gasteiger partial charge in [0.1, 0.15) is 0 Å². The highest BCUT2D eigenvalue weighted by molar-refractivity contribution is 9.11. The summed E-state index contributed by atoms with van der Waals surface area (Å²) in [5.74, 6) is -0.0312. The van der Waals surface area contributed by atoms with Crippen molar-refractivity contribution in [1.29, 1.82) is 0 Å². The SMILES string of the molecule is Cc1ccccc1N(C)C(=O)c1cc(Br)cc(Br)c1. The van der Waals surface area contributed by atoms with E-state index in [1.54, 1.807) is 11.9 Å². The fraction of sp³-hybridized carbons (Fsp3) is 0.133. The third-order valence-corrected chi connectivity index (χ3v) is 3.81. The lowest BCUT2D eigenvalue weighted by atomic mass is 10.1. The summed E-state index contributed by atoms with van der Waals surface area (Å²) in [5.41, 5.74) is 2.64. The van der Waals surface area contributed by atoms with Crippen LogP contribution in [0.15, 0.2) is 51.4 Å². The summed E-state index contributed by atoms with van der Waals surface area (Å²) >= 11 is 6.80. The second-order valence-electron chi connectivity index (χ2n) is 4.31. The van der Waals surface area contributed by atoms with E-state index in [1.165, 1.54) is 0 Å². The normalized spacial score (nSPS) is 10.3. The molecule has 98 valence electrons. The summed E-state index contributed by atoms with van der Waals surface area (Å²) < 4.78 is 1.76. The molecule has 0 aliphatic heterocycles. The van der Waals surface area contributed by atoms with Crippen molar-refractivity contribution in [1.82, 2.24) is 0 Å². The Morgan fingerprint density at radius 1 is 1.05 bits per heavy atom. The topological polar surface area (TPSA) is 20.3 Å². The molecule has 2 aromatic rings. The van der Waals surface area contributed by atoms with Gasteiger partial charge in [0.15, 0.2) is 0 Å². The number of benzene rings is 2. The van der Waals surface area contributed by atoms with Gasteiger partial charge < -0.3 is 4.90 Å². The molecule has 0 heterocycles. The molecule has 0 aliphatic rings. The van der Waals surface area contributed by atoms with Gasteiger partial charge in [-0.15, -0.1) is 0 Å². The maximum absolute atomic E-state index is 12.5. The van der Waals surface area contributed by atoms with Crippen molar-refractivity contribution in [2.75, 3.05) is 11.9 Å². The van der Waals surface area contributed by atoms with E-state index in [0.717, 1.165) is 20.2 Å². The zero-order valence-electron chi connectivity index (χ0n) is 10.7. The van der Waals surface area contributed by atoms with Crippen LogP contribution in [0.25, 0.3) is 0 Å². The van der Waals surface area contributed by atoms with Crippen LogP contribution in [0.3, 0.4) is 0 Å². The van der Waals surface area contributed by atoms with E-state index in [2.05, 4.69) is 31.9 Å². The molecular weight excluding hydrogens is 370 g/mol. The largest absolute Gasteiger partial charge is 0.311 e. The summed E-state index contributed by atoms with van der Waals surface area (Å²) in [6.45, 7) is 2.00. The minimum Gasteiger partial charge on any atom is -0.311 e. The quantitative estimate of drug-likeness (QED) is 0.730. The fourth-order valence-electron chi connectivity index (χ4n) is 1.92. The Balaban J connectivity index is 2.36. The summed E-state index contributed by atoms with van der Waals surface area (Å²) in [4.78, 5) is 14.2. The van der Waals surface area contributed by atoms with Gasteiger partial charge in [-0.1, -0.05) is 50.1 Å². The predicted molar refractivity (Wildman–Crippen MR) is 85.8 cm³/mol. The third-order valence-electron chi connectivity index (χ3n) is 2.89. The number of nitrogens with zero attached hydrogens (tertiary/aromatic N) is 1. The first-order valence-electron chi connectivity index (χ1n) is 5.79. The third kappa shape index (κ3) is 3.25. The van der Waals surface area contributed by atoms with Crippen molar-refractivity contribution >= 4 is 43.5 Å². The summed E-state index contributed by atoms with van der Waals surface area (Å²) in [6.07, 6.45) is 0. The van der Waals surface area contributed by atoms with E-state index in [4.69, 9.17) is 0 Å². The highest BCUT2D eigenvalue weighted by Gasteiger charge is 2.15. The summed E-state index contributed by atoms with van der Waals surface area (Å²) in [5, 5.41) is 0. The van der Waals surface area contributed by atoms with Gasteiger partial charge in [0.25, 0.3) is 5.91 Å². The Kier molecular flexibility index (Phi) is 4.42. The van der Waals surface area contributed by atoms with Crippen molar-refractivity contribution in [3.63, 3.8) is 0 Å². The van der Waals surface area contributed by atoms with E-state index >= 15 is 0 Å². The number of amides is 1. The molecule has 4 heteroatoms. The molecule has 0 fully saturated rings. The van der Waals surface area contributed by atoms with Crippen LogP contribution in [-0.2, 0) is 0 Å². The zero-order valence-corrected chi connectivity index (χ0v) is 13.8. The number of halogens is 2. The van der Waals surface area contributed by atoms with E-state index < -0.39 is 0 Å². The smallest absolute Gasteiger partial charge is 0.258 e. The maximum atomic E-state index is 12.5. The van der Waals surface area contributed by atoms with E-state index in [-0.39, 0.29) is 5.91 Å². The first kappa shape index (κ1) is 14.3. The highest BCUT2D eigenvalue weighted by Crippen LogP contribution is 2.24.